The second-order valence-corrected chi connectivity index (χ2v) is 5.60. The molecule has 0 radical (unpaired) electrons. The first-order valence-corrected chi connectivity index (χ1v) is 7.03. The Bertz CT molecular complexity index is 664. The number of hydrogen-bond donors (Lipinski definition) is 0. The lowest BCUT2D eigenvalue weighted by Crippen LogP contribution is -1.98. The molecule has 0 bridgehead atoms. The Balaban J connectivity index is 2.15. The predicted octanol–water partition coefficient (Wildman–Crippen LogP) is 5.24. The van der Waals surface area contributed by atoms with Crippen LogP contribution in [0.4, 0.5) is 5.69 Å². The monoisotopic (exact) mass is 375 g/mol. The van der Waals surface area contributed by atoms with E-state index in [-0.39, 0.29) is 12.3 Å². The van der Waals surface area contributed by atoms with Crippen molar-refractivity contribution in [1.29, 1.82) is 0 Å². The van der Waals surface area contributed by atoms with Crippen LogP contribution in [0.25, 0.3) is 0 Å². The minimum atomic E-state index is -0.456. The normalized spacial score (nSPS) is 10.3. The molecular weight excluding hydrogens is 369 g/mol. The van der Waals surface area contributed by atoms with Gasteiger partial charge in [0.2, 0.25) is 0 Å². The number of nitro benzene ring substituents is 1. The molecule has 0 saturated heterocycles. The number of halogens is 3. The van der Waals surface area contributed by atoms with Crippen molar-refractivity contribution in [1.82, 2.24) is 0 Å². The highest BCUT2D eigenvalue weighted by Crippen LogP contribution is 2.29. The summed E-state index contributed by atoms with van der Waals surface area (Å²) in [4.78, 5) is 10.4. The third-order valence-electron chi connectivity index (χ3n) is 2.50. The lowest BCUT2D eigenvalue weighted by molar-refractivity contribution is -0.385. The fourth-order valence-electron chi connectivity index (χ4n) is 1.54. The number of ether oxygens (including phenoxy) is 1. The highest BCUT2D eigenvalue weighted by Gasteiger charge is 2.12. The number of nitro groups is 1. The minimum Gasteiger partial charge on any atom is -0.487 e. The van der Waals surface area contributed by atoms with Crippen LogP contribution in [-0.2, 0) is 6.61 Å². The first-order valence-electron chi connectivity index (χ1n) is 5.48. The summed E-state index contributed by atoms with van der Waals surface area (Å²) >= 11 is 14.9. The smallest absolute Gasteiger partial charge is 0.283 e. The van der Waals surface area contributed by atoms with Crippen molar-refractivity contribution in [2.45, 2.75) is 6.61 Å². The molecule has 0 heterocycles. The van der Waals surface area contributed by atoms with Crippen molar-refractivity contribution in [3.05, 3.63) is 66.6 Å². The van der Waals surface area contributed by atoms with E-state index in [1.807, 2.05) is 0 Å². The summed E-state index contributed by atoms with van der Waals surface area (Å²) < 4.78 is 5.95. The molecule has 4 nitrogen and oxygen atoms in total. The van der Waals surface area contributed by atoms with E-state index < -0.39 is 4.92 Å². The van der Waals surface area contributed by atoms with Gasteiger partial charge in [0.25, 0.3) is 5.69 Å². The van der Waals surface area contributed by atoms with Crippen LogP contribution in [0, 0.1) is 10.1 Å². The van der Waals surface area contributed by atoms with Gasteiger partial charge in [0.1, 0.15) is 12.4 Å². The summed E-state index contributed by atoms with van der Waals surface area (Å²) in [7, 11) is 0. The van der Waals surface area contributed by atoms with Gasteiger partial charge >= 0.3 is 0 Å². The average molecular weight is 377 g/mol. The standard InChI is InChI=1S/C13H8BrCl2NO3/c14-10-3-1-8(5-12(10)17(18)19)7-20-13-4-2-9(15)6-11(13)16/h1-6H,7H2. The van der Waals surface area contributed by atoms with E-state index >= 15 is 0 Å². The molecule has 20 heavy (non-hydrogen) atoms. The largest absolute Gasteiger partial charge is 0.487 e. The van der Waals surface area contributed by atoms with Gasteiger partial charge in [0.05, 0.1) is 14.4 Å². The van der Waals surface area contributed by atoms with E-state index in [4.69, 9.17) is 27.9 Å². The van der Waals surface area contributed by atoms with Gasteiger partial charge in [-0.05, 0) is 45.8 Å². The van der Waals surface area contributed by atoms with E-state index in [2.05, 4.69) is 15.9 Å². The topological polar surface area (TPSA) is 52.4 Å². The molecule has 0 amide bonds. The Morgan fingerprint density at radius 1 is 1.20 bits per heavy atom. The fourth-order valence-corrected chi connectivity index (χ4v) is 2.40. The average Bonchev–Trinajstić information content (AvgIpc) is 2.39. The maximum Gasteiger partial charge on any atom is 0.283 e. The lowest BCUT2D eigenvalue weighted by Gasteiger charge is -2.08. The summed E-state index contributed by atoms with van der Waals surface area (Å²) in [6.07, 6.45) is 0. The molecule has 2 aromatic rings. The summed E-state index contributed by atoms with van der Waals surface area (Å²) in [6, 6.07) is 9.68. The van der Waals surface area contributed by atoms with Gasteiger partial charge in [0.15, 0.2) is 0 Å². The van der Waals surface area contributed by atoms with Gasteiger partial charge in [-0.1, -0.05) is 29.3 Å². The van der Waals surface area contributed by atoms with Crippen LogP contribution >= 0.6 is 39.1 Å². The predicted molar refractivity (Wildman–Crippen MR) is 81.6 cm³/mol. The van der Waals surface area contributed by atoms with Crippen molar-refractivity contribution in [3.8, 4) is 5.75 Å². The van der Waals surface area contributed by atoms with E-state index in [1.54, 1.807) is 30.3 Å². The third-order valence-corrected chi connectivity index (χ3v) is 3.70. The van der Waals surface area contributed by atoms with E-state index in [1.165, 1.54) is 6.07 Å². The molecule has 0 fully saturated rings. The zero-order valence-corrected chi connectivity index (χ0v) is 13.1. The Hall–Kier alpha value is -1.30. The second-order valence-electron chi connectivity index (χ2n) is 3.91. The fraction of sp³-hybridized carbons (Fsp3) is 0.0769. The Labute approximate surface area is 133 Å². The van der Waals surface area contributed by atoms with Crippen molar-refractivity contribution in [3.63, 3.8) is 0 Å². The molecule has 0 aliphatic heterocycles. The number of nitrogens with zero attached hydrogens (tertiary/aromatic N) is 1. The van der Waals surface area contributed by atoms with Gasteiger partial charge in [-0.25, -0.2) is 0 Å². The van der Waals surface area contributed by atoms with Gasteiger partial charge < -0.3 is 4.74 Å². The zero-order chi connectivity index (χ0) is 14.7. The van der Waals surface area contributed by atoms with Gasteiger partial charge in [0, 0.05) is 11.1 Å². The van der Waals surface area contributed by atoms with Gasteiger partial charge in [-0.2, -0.15) is 0 Å². The van der Waals surface area contributed by atoms with E-state index in [0.717, 1.165) is 0 Å². The summed E-state index contributed by atoms with van der Waals surface area (Å²) in [5.41, 5.74) is 0.666. The Morgan fingerprint density at radius 2 is 1.95 bits per heavy atom. The molecule has 2 rings (SSSR count). The van der Waals surface area contributed by atoms with Crippen molar-refractivity contribution in [2.75, 3.05) is 0 Å². The molecule has 0 unspecified atom stereocenters. The first-order chi connectivity index (χ1) is 9.47. The van der Waals surface area contributed by atoms with Crippen LogP contribution in [-0.4, -0.2) is 4.92 Å². The van der Waals surface area contributed by atoms with Crippen LogP contribution in [0.3, 0.4) is 0 Å². The van der Waals surface area contributed by atoms with Crippen LogP contribution in [0.5, 0.6) is 5.75 Å². The molecule has 104 valence electrons. The number of rotatable bonds is 4. The number of hydrogen-bond acceptors (Lipinski definition) is 3. The summed E-state index contributed by atoms with van der Waals surface area (Å²) in [5.74, 6) is 0.474. The SMILES string of the molecule is O=[N+]([O-])c1cc(COc2ccc(Cl)cc2Cl)ccc1Br. The maximum atomic E-state index is 10.8. The molecule has 0 N–H and O–H groups in total. The highest BCUT2D eigenvalue weighted by molar-refractivity contribution is 9.10. The molecule has 0 aromatic heterocycles. The summed E-state index contributed by atoms with van der Waals surface area (Å²) in [5, 5.41) is 11.7. The van der Waals surface area contributed by atoms with Gasteiger partial charge in [-0.3, -0.25) is 10.1 Å². The quantitative estimate of drug-likeness (QED) is 0.541. The van der Waals surface area contributed by atoms with Gasteiger partial charge in [-0.15, -0.1) is 0 Å². The zero-order valence-electron chi connectivity index (χ0n) is 9.98. The number of benzene rings is 2. The molecule has 0 saturated carbocycles. The molecule has 0 atom stereocenters. The lowest BCUT2D eigenvalue weighted by atomic mass is 10.2. The molecule has 0 aliphatic rings. The van der Waals surface area contributed by atoms with Crippen LogP contribution in [0.1, 0.15) is 5.56 Å². The molecule has 0 aliphatic carbocycles. The maximum absolute atomic E-state index is 10.8. The Kier molecular flexibility index (Phi) is 4.86. The highest BCUT2D eigenvalue weighted by atomic mass is 79.9. The molecular formula is C13H8BrCl2NO3. The van der Waals surface area contributed by atoms with Crippen LogP contribution < -0.4 is 4.74 Å². The third kappa shape index (κ3) is 3.62. The molecule has 7 heteroatoms. The Morgan fingerprint density at radius 3 is 2.60 bits per heavy atom. The van der Waals surface area contributed by atoms with Crippen LogP contribution in [0.2, 0.25) is 10.0 Å². The summed E-state index contributed by atoms with van der Waals surface area (Å²) in [6.45, 7) is 0.176. The van der Waals surface area contributed by atoms with E-state index in [0.29, 0.717) is 25.8 Å². The second kappa shape index (κ2) is 6.43. The molecule has 2 aromatic carbocycles. The molecule has 0 spiro atoms. The van der Waals surface area contributed by atoms with Crippen molar-refractivity contribution >= 4 is 44.8 Å². The first kappa shape index (κ1) is 15.1. The van der Waals surface area contributed by atoms with E-state index in [9.17, 15) is 10.1 Å². The van der Waals surface area contributed by atoms with Crippen LogP contribution in [0.15, 0.2) is 40.9 Å². The van der Waals surface area contributed by atoms with Crippen molar-refractivity contribution in [2.24, 2.45) is 0 Å². The van der Waals surface area contributed by atoms with Crippen molar-refractivity contribution < 1.29 is 9.66 Å². The minimum absolute atomic E-state index is 0.00620.